The third kappa shape index (κ3) is 6.91. The smallest absolute Gasteiger partial charge is 0.320 e. The number of rotatable bonds is 13. The largest absolute Gasteiger partial charge is 0.469 e. The van der Waals surface area contributed by atoms with Crippen LogP contribution in [-0.2, 0) is 16.1 Å². The van der Waals surface area contributed by atoms with Crippen molar-refractivity contribution in [2.75, 3.05) is 65.8 Å². The van der Waals surface area contributed by atoms with Crippen LogP contribution in [0.4, 0.5) is 5.82 Å². The molecule has 33 heavy (non-hydrogen) atoms. The fourth-order valence-electron chi connectivity index (χ4n) is 3.90. The SMILES string of the molecule is CCCCOc1nc(N)c2nc(OC)n(CCCCN3CCN(CCC(=O)OC)CC3)c2n1. The number of hydrogen-bond donors (Lipinski definition) is 1. The highest BCUT2D eigenvalue weighted by Crippen LogP contribution is 2.26. The van der Waals surface area contributed by atoms with Gasteiger partial charge in [0.15, 0.2) is 17.0 Å². The quantitative estimate of drug-likeness (QED) is 0.346. The predicted molar refractivity (Wildman–Crippen MR) is 125 cm³/mol. The van der Waals surface area contributed by atoms with Crippen molar-refractivity contribution in [2.45, 2.75) is 45.6 Å². The highest BCUT2D eigenvalue weighted by Gasteiger charge is 2.19. The summed E-state index contributed by atoms with van der Waals surface area (Å²) in [6.45, 7) is 9.17. The second-order valence-corrected chi connectivity index (χ2v) is 8.23. The number of nitrogens with two attached hydrogens (primary N) is 1. The summed E-state index contributed by atoms with van der Waals surface area (Å²) < 4.78 is 17.8. The summed E-state index contributed by atoms with van der Waals surface area (Å²) in [5.74, 6) is 0.153. The normalized spacial score (nSPS) is 15.1. The number of nitrogen functional groups attached to an aromatic ring is 1. The maximum atomic E-state index is 11.3. The van der Waals surface area contributed by atoms with Crippen LogP contribution >= 0.6 is 0 Å². The molecule has 0 aliphatic carbocycles. The van der Waals surface area contributed by atoms with E-state index in [1.165, 1.54) is 7.11 Å². The number of esters is 1. The summed E-state index contributed by atoms with van der Waals surface area (Å²) in [7, 11) is 3.03. The van der Waals surface area contributed by atoms with Crippen molar-refractivity contribution in [1.29, 1.82) is 0 Å². The minimum atomic E-state index is -0.147. The fourth-order valence-corrected chi connectivity index (χ4v) is 3.90. The summed E-state index contributed by atoms with van der Waals surface area (Å²) in [6, 6.07) is 0.762. The molecule has 0 radical (unpaired) electrons. The molecular weight excluding hydrogens is 426 g/mol. The molecule has 184 valence electrons. The number of carbonyl (C=O) groups is 1. The lowest BCUT2D eigenvalue weighted by Crippen LogP contribution is -2.47. The van der Waals surface area contributed by atoms with Crippen LogP contribution in [-0.4, -0.2) is 95.4 Å². The molecule has 11 nitrogen and oxygen atoms in total. The van der Waals surface area contributed by atoms with E-state index in [0.717, 1.165) is 71.5 Å². The van der Waals surface area contributed by atoms with Crippen molar-refractivity contribution in [3.8, 4) is 12.0 Å². The molecule has 3 rings (SSSR count). The number of carbonyl (C=O) groups excluding carboxylic acids is 1. The molecule has 1 aliphatic heterocycles. The third-order valence-corrected chi connectivity index (χ3v) is 5.91. The molecule has 2 N–H and O–H groups in total. The molecule has 2 aromatic rings. The van der Waals surface area contributed by atoms with Crippen molar-refractivity contribution < 1.29 is 19.0 Å². The van der Waals surface area contributed by atoms with Gasteiger partial charge in [0.2, 0.25) is 0 Å². The van der Waals surface area contributed by atoms with E-state index in [-0.39, 0.29) is 12.0 Å². The maximum Gasteiger partial charge on any atom is 0.320 e. The second kappa shape index (κ2) is 12.5. The van der Waals surface area contributed by atoms with Gasteiger partial charge in [-0.1, -0.05) is 13.3 Å². The minimum Gasteiger partial charge on any atom is -0.469 e. The average molecular weight is 464 g/mol. The highest BCUT2D eigenvalue weighted by atomic mass is 16.5. The van der Waals surface area contributed by atoms with Crippen LogP contribution in [0.3, 0.4) is 0 Å². The monoisotopic (exact) mass is 463 g/mol. The number of ether oxygens (including phenoxy) is 3. The van der Waals surface area contributed by atoms with Gasteiger partial charge in [-0.15, -0.1) is 0 Å². The Morgan fingerprint density at radius 1 is 0.970 bits per heavy atom. The molecule has 1 fully saturated rings. The molecule has 0 spiro atoms. The molecule has 3 heterocycles. The molecule has 0 saturated carbocycles. The number of nitrogens with zero attached hydrogens (tertiary/aromatic N) is 6. The van der Waals surface area contributed by atoms with Crippen molar-refractivity contribution in [3.63, 3.8) is 0 Å². The Labute approximate surface area is 195 Å². The van der Waals surface area contributed by atoms with Crippen molar-refractivity contribution in [2.24, 2.45) is 0 Å². The predicted octanol–water partition coefficient (Wildman–Crippen LogP) is 1.56. The van der Waals surface area contributed by atoms with Crippen LogP contribution in [0.25, 0.3) is 11.2 Å². The van der Waals surface area contributed by atoms with Gasteiger partial charge in [0.05, 0.1) is 27.2 Å². The van der Waals surface area contributed by atoms with E-state index in [4.69, 9.17) is 19.9 Å². The molecule has 0 atom stereocenters. The van der Waals surface area contributed by atoms with E-state index >= 15 is 0 Å². The van der Waals surface area contributed by atoms with Crippen LogP contribution in [0.2, 0.25) is 0 Å². The van der Waals surface area contributed by atoms with Gasteiger partial charge in [0, 0.05) is 39.3 Å². The molecule has 0 aromatic carbocycles. The van der Waals surface area contributed by atoms with Crippen LogP contribution in [0, 0.1) is 0 Å². The van der Waals surface area contributed by atoms with Gasteiger partial charge in [-0.05, 0) is 25.8 Å². The number of methoxy groups -OCH3 is 2. The molecule has 0 amide bonds. The van der Waals surface area contributed by atoms with Crippen molar-refractivity contribution in [1.82, 2.24) is 29.3 Å². The summed E-state index contributed by atoms with van der Waals surface area (Å²) in [5.41, 5.74) is 7.29. The lowest BCUT2D eigenvalue weighted by molar-refractivity contribution is -0.141. The Balaban J connectivity index is 1.50. The number of hydrogen-bond acceptors (Lipinski definition) is 10. The van der Waals surface area contributed by atoms with Gasteiger partial charge in [-0.2, -0.15) is 15.0 Å². The molecule has 0 unspecified atom stereocenters. The summed E-state index contributed by atoms with van der Waals surface area (Å²) in [6.07, 6.45) is 4.43. The van der Waals surface area contributed by atoms with Gasteiger partial charge >= 0.3 is 12.0 Å². The number of unbranched alkanes of at least 4 members (excludes halogenated alkanes) is 2. The van der Waals surface area contributed by atoms with Crippen LogP contribution in [0.5, 0.6) is 12.0 Å². The zero-order valence-corrected chi connectivity index (χ0v) is 20.1. The lowest BCUT2D eigenvalue weighted by atomic mass is 10.2. The summed E-state index contributed by atoms with van der Waals surface area (Å²) in [5, 5.41) is 0. The van der Waals surface area contributed by atoms with E-state index in [1.807, 2.05) is 4.57 Å². The van der Waals surface area contributed by atoms with Gasteiger partial charge < -0.3 is 29.7 Å². The third-order valence-electron chi connectivity index (χ3n) is 5.91. The zero-order valence-electron chi connectivity index (χ0n) is 20.1. The van der Waals surface area contributed by atoms with E-state index in [9.17, 15) is 4.79 Å². The standard InChI is InChI=1S/C22H37N7O4/c1-4-5-16-33-21-25-19(23)18-20(26-21)29(22(24-18)32-3)10-7-6-9-27-12-14-28(15-13-27)11-8-17(30)31-2/h4-16H2,1-3H3,(H2,23,25,26). The fraction of sp³-hybridized carbons (Fsp3) is 0.727. The molecule has 11 heteroatoms. The zero-order chi connectivity index (χ0) is 23.6. The number of aromatic nitrogens is 4. The van der Waals surface area contributed by atoms with Crippen molar-refractivity contribution >= 4 is 23.0 Å². The second-order valence-electron chi connectivity index (χ2n) is 8.23. The van der Waals surface area contributed by atoms with Gasteiger partial charge in [0.25, 0.3) is 6.01 Å². The van der Waals surface area contributed by atoms with E-state index in [0.29, 0.717) is 36.0 Å². The summed E-state index contributed by atoms with van der Waals surface area (Å²) >= 11 is 0. The van der Waals surface area contributed by atoms with Gasteiger partial charge in [-0.25, -0.2) is 0 Å². The van der Waals surface area contributed by atoms with E-state index < -0.39 is 0 Å². The number of fused-ring (bicyclic) bond motifs is 1. The Morgan fingerprint density at radius 2 is 1.67 bits per heavy atom. The lowest BCUT2D eigenvalue weighted by Gasteiger charge is -2.34. The van der Waals surface area contributed by atoms with Gasteiger partial charge in [0.1, 0.15) is 0 Å². The van der Waals surface area contributed by atoms with Crippen LogP contribution < -0.4 is 15.2 Å². The number of imidazole rings is 1. The summed E-state index contributed by atoms with van der Waals surface area (Å²) in [4.78, 5) is 29.4. The number of anilines is 1. The Hall–Kier alpha value is -2.66. The Bertz CT molecular complexity index is 896. The first kappa shape index (κ1) is 25.0. The van der Waals surface area contributed by atoms with E-state index in [1.54, 1.807) is 7.11 Å². The van der Waals surface area contributed by atoms with Gasteiger partial charge in [-0.3, -0.25) is 9.36 Å². The molecule has 0 bridgehead atoms. The first-order valence-corrected chi connectivity index (χ1v) is 11.8. The van der Waals surface area contributed by atoms with E-state index in [2.05, 4.69) is 31.7 Å². The Morgan fingerprint density at radius 3 is 2.33 bits per heavy atom. The topological polar surface area (TPSA) is 121 Å². The van der Waals surface area contributed by atoms with Crippen LogP contribution in [0.1, 0.15) is 39.0 Å². The Kier molecular flexibility index (Phi) is 9.49. The molecule has 2 aromatic heterocycles. The maximum absolute atomic E-state index is 11.3. The first-order chi connectivity index (χ1) is 16.0. The average Bonchev–Trinajstić information content (AvgIpc) is 3.19. The highest BCUT2D eigenvalue weighted by molar-refractivity contribution is 5.83. The molecule has 1 aliphatic rings. The molecule has 1 saturated heterocycles. The number of aryl methyl sites for hydroxylation is 1. The van der Waals surface area contributed by atoms with Crippen molar-refractivity contribution in [3.05, 3.63) is 0 Å². The first-order valence-electron chi connectivity index (χ1n) is 11.8. The molecular formula is C22H37N7O4. The minimum absolute atomic E-state index is 0.147. The number of piperazine rings is 1. The van der Waals surface area contributed by atoms with Crippen LogP contribution in [0.15, 0.2) is 0 Å².